The minimum atomic E-state index is -0.114. The lowest BCUT2D eigenvalue weighted by Gasteiger charge is -2.06. The molecule has 2 heterocycles. The van der Waals surface area contributed by atoms with Crippen LogP contribution in [-0.2, 0) is 6.61 Å². The van der Waals surface area contributed by atoms with Gasteiger partial charge in [-0.25, -0.2) is 4.98 Å². The third-order valence-corrected chi connectivity index (χ3v) is 5.64. The van der Waals surface area contributed by atoms with Gasteiger partial charge in [0.15, 0.2) is 4.96 Å². The Morgan fingerprint density at radius 1 is 1.42 bits per heavy atom. The average Bonchev–Trinajstić information content (AvgIpc) is 3.34. The van der Waals surface area contributed by atoms with Crippen molar-refractivity contribution in [3.63, 3.8) is 0 Å². The summed E-state index contributed by atoms with van der Waals surface area (Å²) in [5.74, 6) is 1.12. The Bertz CT molecular complexity index is 1060. The molecule has 0 spiro atoms. The number of nitriles is 1. The molecule has 2 unspecified atom stereocenters. The van der Waals surface area contributed by atoms with E-state index in [1.54, 1.807) is 28.7 Å². The number of benzene rings is 1. The van der Waals surface area contributed by atoms with Crippen LogP contribution in [-0.4, -0.2) is 21.1 Å². The first-order chi connectivity index (χ1) is 12.6. The molecule has 0 amide bonds. The summed E-state index contributed by atoms with van der Waals surface area (Å²) in [5, 5.41) is 18.1. The molecule has 1 fully saturated rings. The Morgan fingerprint density at radius 3 is 2.85 bits per heavy atom. The first-order valence-electron chi connectivity index (χ1n) is 8.36. The van der Waals surface area contributed by atoms with E-state index >= 15 is 0 Å². The van der Waals surface area contributed by atoms with Crippen molar-refractivity contribution in [1.29, 1.82) is 5.26 Å². The highest BCUT2D eigenvalue weighted by molar-refractivity contribution is 7.17. The van der Waals surface area contributed by atoms with E-state index in [-0.39, 0.29) is 30.6 Å². The number of aromatic nitrogens is 2. The van der Waals surface area contributed by atoms with E-state index < -0.39 is 0 Å². The number of nitrogens with zero attached hydrogens (tertiary/aromatic N) is 3. The molecule has 1 aliphatic rings. The van der Waals surface area contributed by atoms with Crippen molar-refractivity contribution in [2.75, 3.05) is 6.61 Å². The van der Waals surface area contributed by atoms with Crippen molar-refractivity contribution in [3.05, 3.63) is 62.5 Å². The van der Waals surface area contributed by atoms with Gasteiger partial charge >= 0.3 is 0 Å². The van der Waals surface area contributed by atoms with Crippen LogP contribution in [0.25, 0.3) is 4.96 Å². The average molecular weight is 367 g/mol. The van der Waals surface area contributed by atoms with Crippen LogP contribution >= 0.6 is 11.3 Å². The minimum absolute atomic E-state index is 0.114. The lowest BCUT2D eigenvalue weighted by atomic mass is 10.2. The predicted molar refractivity (Wildman–Crippen MR) is 97.5 cm³/mol. The number of thiazole rings is 1. The third kappa shape index (κ3) is 2.98. The minimum Gasteiger partial charge on any atom is -0.487 e. The summed E-state index contributed by atoms with van der Waals surface area (Å²) in [6.45, 7) is 2.33. The summed E-state index contributed by atoms with van der Waals surface area (Å²) < 4.78 is 7.35. The fraction of sp³-hybridized carbons (Fsp3) is 0.316. The van der Waals surface area contributed by atoms with Crippen molar-refractivity contribution >= 4 is 16.3 Å². The molecule has 3 aromatic rings. The highest BCUT2D eigenvalue weighted by Crippen LogP contribution is 2.49. The quantitative estimate of drug-likeness (QED) is 0.749. The Morgan fingerprint density at radius 2 is 2.19 bits per heavy atom. The normalized spacial score (nSPS) is 18.7. The maximum Gasteiger partial charge on any atom is 0.259 e. The van der Waals surface area contributed by atoms with Crippen molar-refractivity contribution in [1.82, 2.24) is 9.38 Å². The van der Waals surface area contributed by atoms with Crippen molar-refractivity contribution < 1.29 is 9.84 Å². The van der Waals surface area contributed by atoms with E-state index in [4.69, 9.17) is 10.00 Å². The first kappa shape index (κ1) is 16.8. The Labute approximate surface area is 153 Å². The Balaban J connectivity index is 1.59. The second-order valence-corrected chi connectivity index (χ2v) is 7.64. The number of fused-ring (bicyclic) bond motifs is 1. The van der Waals surface area contributed by atoms with Crippen LogP contribution in [0.2, 0.25) is 0 Å². The molecule has 7 heteroatoms. The summed E-state index contributed by atoms with van der Waals surface area (Å²) in [4.78, 5) is 18.9. The van der Waals surface area contributed by atoms with Crippen LogP contribution in [0.4, 0.5) is 0 Å². The van der Waals surface area contributed by atoms with Gasteiger partial charge in [0.25, 0.3) is 5.56 Å². The number of hydrogen-bond donors (Lipinski definition) is 1. The maximum absolute atomic E-state index is 12.6. The zero-order valence-electron chi connectivity index (χ0n) is 14.2. The van der Waals surface area contributed by atoms with Gasteiger partial charge in [-0.2, -0.15) is 5.26 Å². The van der Waals surface area contributed by atoms with E-state index in [0.717, 1.165) is 17.0 Å². The predicted octanol–water partition coefficient (Wildman–Crippen LogP) is 2.61. The van der Waals surface area contributed by atoms with Gasteiger partial charge in [-0.3, -0.25) is 9.20 Å². The second kappa shape index (κ2) is 6.56. The van der Waals surface area contributed by atoms with Gasteiger partial charge in [0, 0.05) is 29.2 Å². The number of aryl methyl sites for hydroxylation is 1. The highest BCUT2D eigenvalue weighted by Gasteiger charge is 2.41. The number of aliphatic hydroxyl groups excluding tert-OH is 1. The third-order valence-electron chi connectivity index (χ3n) is 4.67. The fourth-order valence-electron chi connectivity index (χ4n) is 3.21. The number of hydrogen-bond acceptors (Lipinski definition) is 6. The molecule has 0 bridgehead atoms. The molecule has 132 valence electrons. The number of ether oxygens (including phenoxy) is 1. The molecule has 0 aliphatic heterocycles. The van der Waals surface area contributed by atoms with Gasteiger partial charge in [-0.1, -0.05) is 0 Å². The van der Waals surface area contributed by atoms with Crippen LogP contribution in [0.3, 0.4) is 0 Å². The molecule has 6 nitrogen and oxygen atoms in total. The molecule has 26 heavy (non-hydrogen) atoms. The molecule has 1 aromatic carbocycles. The zero-order chi connectivity index (χ0) is 18.3. The second-order valence-electron chi connectivity index (χ2n) is 6.46. The molecule has 1 aliphatic carbocycles. The standard InChI is InChI=1S/C19H17N3O3S/c1-11-18(16-6-13(16)9-23)22-17(24)7-14(21-19(22)26-11)10-25-15-4-2-12(8-20)3-5-15/h2-5,7,13,16,23H,6,9-10H2,1H3. The summed E-state index contributed by atoms with van der Waals surface area (Å²) >= 11 is 1.49. The zero-order valence-corrected chi connectivity index (χ0v) is 15.0. The molecule has 1 saturated carbocycles. The van der Waals surface area contributed by atoms with Crippen LogP contribution in [0, 0.1) is 24.2 Å². The van der Waals surface area contributed by atoms with Gasteiger partial charge in [-0.15, -0.1) is 11.3 Å². The Kier molecular flexibility index (Phi) is 4.23. The van der Waals surface area contributed by atoms with E-state index in [2.05, 4.69) is 11.1 Å². The largest absolute Gasteiger partial charge is 0.487 e. The SMILES string of the molecule is Cc1sc2nc(COc3ccc(C#N)cc3)cc(=O)n2c1C1CC1CO. The van der Waals surface area contributed by atoms with E-state index in [9.17, 15) is 9.90 Å². The molecular formula is C19H17N3O3S. The highest BCUT2D eigenvalue weighted by atomic mass is 32.1. The molecule has 0 saturated heterocycles. The summed E-state index contributed by atoms with van der Waals surface area (Å²) in [5.41, 5.74) is 2.01. The van der Waals surface area contributed by atoms with Crippen LogP contribution in [0.1, 0.15) is 34.2 Å². The van der Waals surface area contributed by atoms with Crippen molar-refractivity contribution in [2.45, 2.75) is 25.9 Å². The number of rotatable bonds is 5. The molecule has 0 radical (unpaired) electrons. The van der Waals surface area contributed by atoms with Gasteiger partial charge in [-0.05, 0) is 43.5 Å². The van der Waals surface area contributed by atoms with Crippen molar-refractivity contribution in [2.24, 2.45) is 5.92 Å². The fourth-order valence-corrected chi connectivity index (χ4v) is 4.28. The molecular weight excluding hydrogens is 350 g/mol. The Hall–Kier alpha value is -2.69. The van der Waals surface area contributed by atoms with Gasteiger partial charge in [0.2, 0.25) is 0 Å². The van der Waals surface area contributed by atoms with Gasteiger partial charge < -0.3 is 9.84 Å². The first-order valence-corrected chi connectivity index (χ1v) is 9.18. The maximum atomic E-state index is 12.6. The summed E-state index contributed by atoms with van der Waals surface area (Å²) in [7, 11) is 0. The number of aliphatic hydroxyl groups is 1. The van der Waals surface area contributed by atoms with Crippen LogP contribution < -0.4 is 10.3 Å². The monoisotopic (exact) mass is 367 g/mol. The molecule has 4 rings (SSSR count). The smallest absolute Gasteiger partial charge is 0.259 e. The summed E-state index contributed by atoms with van der Waals surface area (Å²) in [6.07, 6.45) is 0.916. The molecule has 2 aromatic heterocycles. The van der Waals surface area contributed by atoms with Crippen LogP contribution in [0.15, 0.2) is 35.1 Å². The summed E-state index contributed by atoms with van der Waals surface area (Å²) in [6, 6.07) is 10.4. The molecule has 1 N–H and O–H groups in total. The van der Waals surface area contributed by atoms with Crippen molar-refractivity contribution in [3.8, 4) is 11.8 Å². The van der Waals surface area contributed by atoms with Gasteiger partial charge in [0.1, 0.15) is 12.4 Å². The van der Waals surface area contributed by atoms with Gasteiger partial charge in [0.05, 0.1) is 17.3 Å². The van der Waals surface area contributed by atoms with Crippen LogP contribution in [0.5, 0.6) is 5.75 Å². The van der Waals surface area contributed by atoms with E-state index in [1.165, 1.54) is 17.4 Å². The van der Waals surface area contributed by atoms with E-state index in [1.807, 2.05) is 6.92 Å². The van der Waals surface area contributed by atoms with E-state index in [0.29, 0.717) is 22.0 Å². The lowest BCUT2D eigenvalue weighted by Crippen LogP contribution is -2.17. The molecule has 2 atom stereocenters. The topological polar surface area (TPSA) is 87.6 Å². The lowest BCUT2D eigenvalue weighted by molar-refractivity contribution is 0.273.